The van der Waals surface area contributed by atoms with Gasteiger partial charge in [0.05, 0.1) is 0 Å². The van der Waals surface area contributed by atoms with Gasteiger partial charge in [-0.1, -0.05) is 6.08 Å². The fourth-order valence-corrected chi connectivity index (χ4v) is 3.33. The van der Waals surface area contributed by atoms with Crippen molar-refractivity contribution in [2.75, 3.05) is 0 Å². The molecule has 2 aliphatic rings. The Morgan fingerprint density at radius 1 is 1.46 bits per heavy atom. The van der Waals surface area contributed by atoms with Crippen LogP contribution in [-0.4, -0.2) is 11.1 Å². The molecule has 2 bridgehead atoms. The summed E-state index contributed by atoms with van der Waals surface area (Å²) in [6, 6.07) is 0. The molecule has 2 fully saturated rings. The molecule has 0 heterocycles. The van der Waals surface area contributed by atoms with Crippen LogP contribution in [0.1, 0.15) is 25.7 Å². The van der Waals surface area contributed by atoms with Gasteiger partial charge in [-0.05, 0) is 42.9 Å². The van der Waals surface area contributed by atoms with Gasteiger partial charge in [0, 0.05) is 6.42 Å². The van der Waals surface area contributed by atoms with Gasteiger partial charge < -0.3 is 5.11 Å². The molecule has 0 amide bonds. The molecule has 2 saturated carbocycles. The predicted molar refractivity (Wildman–Crippen MR) is 50.3 cm³/mol. The topological polar surface area (TPSA) is 37.3 Å². The lowest BCUT2D eigenvalue weighted by Gasteiger charge is -2.27. The first kappa shape index (κ1) is 8.79. The van der Waals surface area contributed by atoms with Crippen LogP contribution in [0.25, 0.3) is 0 Å². The molecule has 0 aromatic carbocycles. The number of hydrogen-bond acceptors (Lipinski definition) is 1. The van der Waals surface area contributed by atoms with Crippen molar-refractivity contribution in [2.45, 2.75) is 25.7 Å². The maximum absolute atomic E-state index is 10.7. The minimum Gasteiger partial charge on any atom is -0.481 e. The first-order chi connectivity index (χ1) is 6.22. The molecule has 0 saturated heterocycles. The Bertz CT molecular complexity index is 234. The fourth-order valence-electron chi connectivity index (χ4n) is 3.33. The van der Waals surface area contributed by atoms with E-state index in [-0.39, 0.29) is 0 Å². The Morgan fingerprint density at radius 2 is 2.15 bits per heavy atom. The van der Waals surface area contributed by atoms with Gasteiger partial charge in [0.1, 0.15) is 0 Å². The van der Waals surface area contributed by atoms with E-state index in [1.807, 2.05) is 6.08 Å². The lowest BCUT2D eigenvalue weighted by Crippen LogP contribution is -2.23. The number of carbonyl (C=O) groups is 1. The Hall–Kier alpha value is -0.790. The zero-order valence-corrected chi connectivity index (χ0v) is 7.78. The Labute approximate surface area is 78.6 Å². The summed E-state index contributed by atoms with van der Waals surface area (Å²) in [6.07, 6.45) is 6.11. The maximum atomic E-state index is 10.7. The molecule has 4 atom stereocenters. The number of fused-ring (bicyclic) bond motifs is 2. The van der Waals surface area contributed by atoms with Crippen LogP contribution in [0.15, 0.2) is 12.7 Å². The van der Waals surface area contributed by atoms with E-state index in [2.05, 4.69) is 6.58 Å². The second kappa shape index (κ2) is 3.17. The van der Waals surface area contributed by atoms with Gasteiger partial charge in [0.15, 0.2) is 0 Å². The van der Waals surface area contributed by atoms with E-state index >= 15 is 0 Å². The normalized spacial score (nSPS) is 42.2. The number of allylic oxidation sites excluding steroid dienone is 1. The molecule has 0 aromatic rings. The first-order valence-electron chi connectivity index (χ1n) is 5.06. The highest BCUT2D eigenvalue weighted by molar-refractivity contribution is 5.67. The molecule has 0 aliphatic heterocycles. The van der Waals surface area contributed by atoms with Crippen LogP contribution in [0.3, 0.4) is 0 Å². The van der Waals surface area contributed by atoms with Crippen LogP contribution in [0.4, 0.5) is 0 Å². The van der Waals surface area contributed by atoms with E-state index in [1.54, 1.807) is 0 Å². The molecule has 0 aromatic heterocycles. The molecule has 2 rings (SSSR count). The third-order valence-electron chi connectivity index (χ3n) is 3.84. The minimum atomic E-state index is -0.649. The van der Waals surface area contributed by atoms with Gasteiger partial charge in [-0.25, -0.2) is 0 Å². The van der Waals surface area contributed by atoms with Gasteiger partial charge in [0.2, 0.25) is 0 Å². The zero-order chi connectivity index (χ0) is 9.42. The van der Waals surface area contributed by atoms with Crippen LogP contribution in [0.2, 0.25) is 0 Å². The van der Waals surface area contributed by atoms with E-state index in [4.69, 9.17) is 5.11 Å². The molecule has 0 spiro atoms. The molecule has 2 aliphatic carbocycles. The quantitative estimate of drug-likeness (QED) is 0.677. The zero-order valence-electron chi connectivity index (χ0n) is 7.78. The standard InChI is InChI=1S/C11H16O2/c1-2-9-7-3-4-8(5-7)10(9)6-11(12)13/h2,7-10H,1,3-6H2,(H,12,13). The van der Waals surface area contributed by atoms with Crippen molar-refractivity contribution in [3.05, 3.63) is 12.7 Å². The summed E-state index contributed by atoms with van der Waals surface area (Å²) in [5, 5.41) is 8.78. The Morgan fingerprint density at radius 3 is 2.77 bits per heavy atom. The maximum Gasteiger partial charge on any atom is 0.303 e. The monoisotopic (exact) mass is 180 g/mol. The van der Waals surface area contributed by atoms with E-state index in [0.717, 1.165) is 5.92 Å². The molecule has 4 unspecified atom stereocenters. The lowest BCUT2D eigenvalue weighted by atomic mass is 9.78. The molecular formula is C11H16O2. The van der Waals surface area contributed by atoms with E-state index in [9.17, 15) is 4.79 Å². The Kier molecular flexibility index (Phi) is 2.14. The third kappa shape index (κ3) is 1.38. The molecule has 13 heavy (non-hydrogen) atoms. The van der Waals surface area contributed by atoms with Crippen molar-refractivity contribution in [3.63, 3.8) is 0 Å². The van der Waals surface area contributed by atoms with Crippen LogP contribution in [0, 0.1) is 23.7 Å². The summed E-state index contributed by atoms with van der Waals surface area (Å²) < 4.78 is 0. The second-order valence-corrected chi connectivity index (χ2v) is 4.41. The largest absolute Gasteiger partial charge is 0.481 e. The van der Waals surface area contributed by atoms with Crippen LogP contribution in [-0.2, 0) is 4.79 Å². The van der Waals surface area contributed by atoms with E-state index in [1.165, 1.54) is 19.3 Å². The third-order valence-corrected chi connectivity index (χ3v) is 3.84. The Balaban J connectivity index is 2.08. The summed E-state index contributed by atoms with van der Waals surface area (Å²) in [6.45, 7) is 3.83. The van der Waals surface area contributed by atoms with E-state index < -0.39 is 5.97 Å². The highest BCUT2D eigenvalue weighted by atomic mass is 16.4. The van der Waals surface area contributed by atoms with Gasteiger partial charge >= 0.3 is 5.97 Å². The minimum absolute atomic E-state index is 0.345. The van der Waals surface area contributed by atoms with Crippen LogP contribution < -0.4 is 0 Å². The summed E-state index contributed by atoms with van der Waals surface area (Å²) in [5.74, 6) is 1.63. The molecule has 2 nitrogen and oxygen atoms in total. The van der Waals surface area contributed by atoms with Crippen molar-refractivity contribution in [2.24, 2.45) is 23.7 Å². The average molecular weight is 180 g/mol. The van der Waals surface area contributed by atoms with Crippen molar-refractivity contribution in [3.8, 4) is 0 Å². The molecule has 2 heteroatoms. The highest BCUT2D eigenvalue weighted by Crippen LogP contribution is 2.53. The SMILES string of the molecule is C=CC1C2CCC(C2)C1CC(=O)O. The van der Waals surface area contributed by atoms with Crippen molar-refractivity contribution < 1.29 is 9.90 Å². The van der Waals surface area contributed by atoms with Crippen LogP contribution in [0.5, 0.6) is 0 Å². The van der Waals surface area contributed by atoms with Gasteiger partial charge in [-0.2, -0.15) is 0 Å². The predicted octanol–water partition coefficient (Wildman–Crippen LogP) is 2.31. The first-order valence-corrected chi connectivity index (χ1v) is 5.06. The summed E-state index contributed by atoms with van der Waals surface area (Å²) in [4.78, 5) is 10.7. The number of carboxylic acids is 1. The van der Waals surface area contributed by atoms with Gasteiger partial charge in [-0.15, -0.1) is 6.58 Å². The summed E-state index contributed by atoms with van der Waals surface area (Å²) in [5.41, 5.74) is 0. The summed E-state index contributed by atoms with van der Waals surface area (Å²) in [7, 11) is 0. The lowest BCUT2D eigenvalue weighted by molar-refractivity contribution is -0.138. The molecule has 1 N–H and O–H groups in total. The second-order valence-electron chi connectivity index (χ2n) is 4.41. The van der Waals surface area contributed by atoms with Gasteiger partial charge in [0.25, 0.3) is 0 Å². The van der Waals surface area contributed by atoms with Crippen LogP contribution >= 0.6 is 0 Å². The van der Waals surface area contributed by atoms with E-state index in [0.29, 0.717) is 24.2 Å². The van der Waals surface area contributed by atoms with Crippen molar-refractivity contribution in [1.29, 1.82) is 0 Å². The number of hydrogen-bond donors (Lipinski definition) is 1. The molecule has 72 valence electrons. The van der Waals surface area contributed by atoms with Crippen molar-refractivity contribution in [1.82, 2.24) is 0 Å². The number of carboxylic acid groups (broad SMARTS) is 1. The number of aliphatic carboxylic acids is 1. The molecular weight excluding hydrogens is 164 g/mol. The smallest absolute Gasteiger partial charge is 0.303 e. The highest BCUT2D eigenvalue weighted by Gasteiger charge is 2.46. The number of rotatable bonds is 3. The summed E-state index contributed by atoms with van der Waals surface area (Å²) >= 11 is 0. The van der Waals surface area contributed by atoms with Crippen molar-refractivity contribution >= 4 is 5.97 Å². The molecule has 0 radical (unpaired) electrons. The fraction of sp³-hybridized carbons (Fsp3) is 0.727. The average Bonchev–Trinajstić information content (AvgIpc) is 2.62. The van der Waals surface area contributed by atoms with Gasteiger partial charge in [-0.3, -0.25) is 4.79 Å².